The van der Waals surface area contributed by atoms with E-state index in [1.165, 1.54) is 18.2 Å². The van der Waals surface area contributed by atoms with Gasteiger partial charge in [0.2, 0.25) is 0 Å². The Morgan fingerprint density at radius 3 is 3.00 bits per heavy atom. The van der Waals surface area contributed by atoms with Crippen molar-refractivity contribution in [3.63, 3.8) is 0 Å². The first-order chi connectivity index (χ1) is 8.59. The van der Waals surface area contributed by atoms with Crippen LogP contribution < -0.4 is 5.32 Å². The van der Waals surface area contributed by atoms with E-state index < -0.39 is 0 Å². The number of rotatable bonds is 4. The number of nitrogens with zero attached hydrogens (tertiary/aromatic N) is 1. The highest BCUT2D eigenvalue weighted by Gasteiger charge is 2.20. The minimum absolute atomic E-state index is 0.0996. The average Bonchev–Trinajstić information content (AvgIpc) is 2.83. The Hall–Kier alpha value is -0.940. The summed E-state index contributed by atoms with van der Waals surface area (Å²) in [5, 5.41) is 14.8. The van der Waals surface area contributed by atoms with Crippen LogP contribution >= 0.6 is 23.4 Å². The van der Waals surface area contributed by atoms with Gasteiger partial charge in [-0.1, -0.05) is 11.6 Å². The van der Waals surface area contributed by atoms with E-state index >= 15 is 0 Å². The quantitative estimate of drug-likeness (QED) is 0.677. The number of nitro groups is 1. The van der Waals surface area contributed by atoms with E-state index in [0.717, 1.165) is 17.9 Å². The molecule has 1 heterocycles. The van der Waals surface area contributed by atoms with Crippen molar-refractivity contribution in [3.8, 4) is 0 Å². The Morgan fingerprint density at radius 1 is 1.61 bits per heavy atom. The van der Waals surface area contributed by atoms with Crippen molar-refractivity contribution in [1.29, 1.82) is 0 Å². The number of nitrogens with one attached hydrogen (secondary N) is 1. The molecule has 0 amide bonds. The molecule has 1 saturated heterocycles. The van der Waals surface area contributed by atoms with Gasteiger partial charge in [-0.2, -0.15) is 11.8 Å². The van der Waals surface area contributed by atoms with Crippen molar-refractivity contribution in [2.24, 2.45) is 5.92 Å². The molecule has 1 aliphatic rings. The van der Waals surface area contributed by atoms with E-state index in [0.29, 0.717) is 16.6 Å². The second kappa shape index (κ2) is 5.80. The Morgan fingerprint density at radius 2 is 2.39 bits per heavy atom. The number of hydrogen-bond acceptors (Lipinski definition) is 4. The first-order valence-corrected chi connectivity index (χ1v) is 7.38. The van der Waals surface area contributed by atoms with E-state index in [1.54, 1.807) is 13.0 Å². The van der Waals surface area contributed by atoms with Crippen LogP contribution in [0.1, 0.15) is 12.0 Å². The topological polar surface area (TPSA) is 55.2 Å². The highest BCUT2D eigenvalue weighted by atomic mass is 35.5. The van der Waals surface area contributed by atoms with Gasteiger partial charge in [-0.3, -0.25) is 10.1 Å². The van der Waals surface area contributed by atoms with Gasteiger partial charge in [0.05, 0.1) is 4.92 Å². The van der Waals surface area contributed by atoms with Gasteiger partial charge in [0.1, 0.15) is 5.69 Å². The van der Waals surface area contributed by atoms with E-state index in [4.69, 9.17) is 11.6 Å². The summed E-state index contributed by atoms with van der Waals surface area (Å²) in [5.74, 6) is 2.90. The van der Waals surface area contributed by atoms with E-state index in [-0.39, 0.29) is 10.6 Å². The molecule has 0 aromatic heterocycles. The highest BCUT2D eigenvalue weighted by Crippen LogP contribution is 2.33. The van der Waals surface area contributed by atoms with Crippen LogP contribution in [0, 0.1) is 23.0 Å². The molecule has 1 aromatic rings. The van der Waals surface area contributed by atoms with Gasteiger partial charge in [-0.15, -0.1) is 0 Å². The molecular formula is C12H15ClN2O2S. The fourth-order valence-electron chi connectivity index (χ4n) is 2.04. The normalized spacial score (nSPS) is 18.9. The third-order valence-corrected chi connectivity index (χ3v) is 4.81. The lowest BCUT2D eigenvalue weighted by Crippen LogP contribution is -2.15. The lowest BCUT2D eigenvalue weighted by Gasteiger charge is -2.14. The predicted octanol–water partition coefficient (Wildman–Crippen LogP) is 3.72. The zero-order valence-electron chi connectivity index (χ0n) is 10.1. The van der Waals surface area contributed by atoms with Gasteiger partial charge in [0.15, 0.2) is 0 Å². The molecule has 0 saturated carbocycles. The van der Waals surface area contributed by atoms with Crippen molar-refractivity contribution < 1.29 is 4.92 Å². The number of thioether (sulfide) groups is 1. The fourth-order valence-corrected chi connectivity index (χ4v) is 3.48. The van der Waals surface area contributed by atoms with Crippen molar-refractivity contribution in [3.05, 3.63) is 32.8 Å². The lowest BCUT2D eigenvalue weighted by molar-refractivity contribution is -0.384. The summed E-state index contributed by atoms with van der Waals surface area (Å²) < 4.78 is 0. The fraction of sp³-hybridized carbons (Fsp3) is 0.500. The molecule has 1 unspecified atom stereocenters. The van der Waals surface area contributed by atoms with Crippen molar-refractivity contribution >= 4 is 34.7 Å². The SMILES string of the molecule is Cc1c(Cl)ccc([N+](=O)[O-])c1NCC1CCSC1. The molecule has 0 radical (unpaired) electrons. The molecule has 0 aliphatic carbocycles. The second-order valence-corrected chi connectivity index (χ2v) is 5.99. The van der Waals surface area contributed by atoms with Gasteiger partial charge in [0.25, 0.3) is 5.69 Å². The minimum Gasteiger partial charge on any atom is -0.379 e. The highest BCUT2D eigenvalue weighted by molar-refractivity contribution is 7.99. The maximum Gasteiger partial charge on any atom is 0.292 e. The molecular weight excluding hydrogens is 272 g/mol. The summed E-state index contributed by atoms with van der Waals surface area (Å²) in [5.41, 5.74) is 1.41. The van der Waals surface area contributed by atoms with Crippen LogP contribution in [-0.2, 0) is 0 Å². The molecule has 1 aliphatic heterocycles. The smallest absolute Gasteiger partial charge is 0.292 e. The zero-order valence-corrected chi connectivity index (χ0v) is 11.7. The molecule has 4 nitrogen and oxygen atoms in total. The summed E-state index contributed by atoms with van der Waals surface area (Å²) in [7, 11) is 0. The van der Waals surface area contributed by atoms with Gasteiger partial charge < -0.3 is 5.32 Å². The largest absolute Gasteiger partial charge is 0.379 e. The van der Waals surface area contributed by atoms with Crippen molar-refractivity contribution in [2.75, 3.05) is 23.4 Å². The van der Waals surface area contributed by atoms with Gasteiger partial charge in [-0.25, -0.2) is 0 Å². The third-order valence-electron chi connectivity index (χ3n) is 3.17. The standard InChI is InChI=1S/C12H15ClN2O2S/c1-8-10(13)2-3-11(15(16)17)12(8)14-6-9-4-5-18-7-9/h2-3,9,14H,4-7H2,1H3. The molecule has 0 spiro atoms. The van der Waals surface area contributed by atoms with Crippen LogP contribution in [0.25, 0.3) is 0 Å². The van der Waals surface area contributed by atoms with Crippen molar-refractivity contribution in [1.82, 2.24) is 0 Å². The van der Waals surface area contributed by atoms with Gasteiger partial charge in [0, 0.05) is 17.6 Å². The molecule has 1 aromatic carbocycles. The maximum atomic E-state index is 11.0. The van der Waals surface area contributed by atoms with Gasteiger partial charge >= 0.3 is 0 Å². The molecule has 98 valence electrons. The molecule has 1 N–H and O–H groups in total. The number of nitro benzene ring substituents is 1. The summed E-state index contributed by atoms with van der Waals surface area (Å²) in [6, 6.07) is 3.03. The number of halogens is 1. The Bertz CT molecular complexity index is 462. The lowest BCUT2D eigenvalue weighted by atomic mass is 10.1. The first-order valence-electron chi connectivity index (χ1n) is 5.84. The van der Waals surface area contributed by atoms with E-state index in [2.05, 4.69) is 5.32 Å². The monoisotopic (exact) mass is 286 g/mol. The predicted molar refractivity (Wildman–Crippen MR) is 76.8 cm³/mol. The van der Waals surface area contributed by atoms with Crippen LogP contribution in [0.3, 0.4) is 0 Å². The van der Waals surface area contributed by atoms with Crippen LogP contribution in [0.15, 0.2) is 12.1 Å². The number of benzene rings is 1. The minimum atomic E-state index is -0.366. The van der Waals surface area contributed by atoms with Crippen LogP contribution in [0.5, 0.6) is 0 Å². The number of hydrogen-bond donors (Lipinski definition) is 1. The zero-order chi connectivity index (χ0) is 13.1. The molecule has 1 atom stereocenters. The summed E-state index contributed by atoms with van der Waals surface area (Å²) in [6.45, 7) is 2.58. The molecule has 1 fully saturated rings. The van der Waals surface area contributed by atoms with Crippen molar-refractivity contribution in [2.45, 2.75) is 13.3 Å². The molecule has 0 bridgehead atoms. The number of anilines is 1. The molecule has 6 heteroatoms. The first kappa shape index (κ1) is 13.5. The summed E-state index contributed by atoms with van der Waals surface area (Å²) >= 11 is 7.95. The Labute approximate surface area is 115 Å². The molecule has 18 heavy (non-hydrogen) atoms. The third kappa shape index (κ3) is 2.90. The second-order valence-electron chi connectivity index (χ2n) is 4.43. The summed E-state index contributed by atoms with van der Waals surface area (Å²) in [4.78, 5) is 10.6. The van der Waals surface area contributed by atoms with Crippen LogP contribution in [-0.4, -0.2) is 23.0 Å². The Kier molecular flexibility index (Phi) is 4.35. The van der Waals surface area contributed by atoms with E-state index in [1.807, 2.05) is 11.8 Å². The van der Waals surface area contributed by atoms with E-state index in [9.17, 15) is 10.1 Å². The average molecular weight is 287 g/mol. The van der Waals surface area contributed by atoms with Crippen LogP contribution in [0.2, 0.25) is 5.02 Å². The van der Waals surface area contributed by atoms with Crippen LogP contribution in [0.4, 0.5) is 11.4 Å². The summed E-state index contributed by atoms with van der Waals surface area (Å²) in [6.07, 6.45) is 1.17. The Balaban J connectivity index is 2.18. The van der Waals surface area contributed by atoms with Gasteiger partial charge in [-0.05, 0) is 42.4 Å². The maximum absolute atomic E-state index is 11.0. The molecule has 2 rings (SSSR count).